The lowest BCUT2D eigenvalue weighted by Crippen LogP contribution is -2.57. The van der Waals surface area contributed by atoms with Gasteiger partial charge in [-0.2, -0.15) is 0 Å². The quantitative estimate of drug-likeness (QED) is 0.332. The van der Waals surface area contributed by atoms with Crippen LogP contribution in [0.15, 0.2) is 85.2 Å². The van der Waals surface area contributed by atoms with Gasteiger partial charge >= 0.3 is 0 Å². The molecule has 46 heavy (non-hydrogen) atoms. The Labute approximate surface area is 266 Å². The van der Waals surface area contributed by atoms with Crippen LogP contribution in [0.25, 0.3) is 0 Å². The number of hydrogen-bond donors (Lipinski definition) is 2. The van der Waals surface area contributed by atoms with Crippen molar-refractivity contribution >= 4 is 11.8 Å². The largest absolute Gasteiger partial charge is 0.493 e. The van der Waals surface area contributed by atoms with Gasteiger partial charge in [-0.15, -0.1) is 0 Å². The van der Waals surface area contributed by atoms with Crippen LogP contribution in [-0.4, -0.2) is 60.7 Å². The van der Waals surface area contributed by atoms with Crippen molar-refractivity contribution in [1.82, 2.24) is 20.5 Å². The highest BCUT2D eigenvalue weighted by Crippen LogP contribution is 2.34. The molecule has 2 N–H and O–H groups in total. The van der Waals surface area contributed by atoms with Gasteiger partial charge in [0.1, 0.15) is 29.7 Å². The Morgan fingerprint density at radius 3 is 2.43 bits per heavy atom. The molecule has 0 saturated carbocycles. The highest BCUT2D eigenvalue weighted by atomic mass is 19.1. The number of halogens is 1. The van der Waals surface area contributed by atoms with Crippen molar-refractivity contribution in [1.29, 1.82) is 0 Å². The Bertz CT molecular complexity index is 1680. The molecule has 1 spiro atoms. The number of nitrogens with zero attached hydrogens (tertiary/aromatic N) is 2. The number of rotatable bonds is 3. The third-order valence-electron chi connectivity index (χ3n) is 8.06. The molecule has 10 nitrogen and oxygen atoms in total. The summed E-state index contributed by atoms with van der Waals surface area (Å²) in [5.41, 5.74) is 0.839. The number of amides is 2. The van der Waals surface area contributed by atoms with Gasteiger partial charge in [0.25, 0.3) is 11.8 Å². The summed E-state index contributed by atoms with van der Waals surface area (Å²) in [6.07, 6.45) is 4.45. The molecule has 4 heterocycles. The molecule has 11 heteroatoms. The van der Waals surface area contributed by atoms with Gasteiger partial charge in [0.05, 0.1) is 13.7 Å². The summed E-state index contributed by atoms with van der Waals surface area (Å²) in [6, 6.07) is 20.0. The molecule has 4 aromatic rings. The molecule has 0 unspecified atom stereocenters. The number of ether oxygens (including phenoxy) is 4. The predicted octanol–water partition coefficient (Wildman–Crippen LogP) is 4.87. The Hall–Kier alpha value is -5.16. The zero-order chi connectivity index (χ0) is 31.9. The first-order valence-corrected chi connectivity index (χ1v) is 15.1. The lowest BCUT2D eigenvalue weighted by Gasteiger charge is -2.40. The molecule has 2 amide bonds. The topological polar surface area (TPSA) is 111 Å². The number of likely N-dealkylation sites (tertiary alicyclic amines) is 1. The van der Waals surface area contributed by atoms with Crippen molar-refractivity contribution in [2.45, 2.75) is 31.5 Å². The third-order valence-corrected chi connectivity index (χ3v) is 8.06. The summed E-state index contributed by atoms with van der Waals surface area (Å²) < 4.78 is 38.5. The van der Waals surface area contributed by atoms with Gasteiger partial charge in [-0.1, -0.05) is 0 Å². The number of carbonyl (C=O) groups is 2. The van der Waals surface area contributed by atoms with Gasteiger partial charge in [-0.3, -0.25) is 19.5 Å². The van der Waals surface area contributed by atoms with Crippen LogP contribution in [0.4, 0.5) is 4.39 Å². The van der Waals surface area contributed by atoms with E-state index in [9.17, 15) is 14.0 Å². The highest BCUT2D eigenvalue weighted by Gasteiger charge is 2.43. The van der Waals surface area contributed by atoms with Gasteiger partial charge in [0, 0.05) is 63.0 Å². The molecule has 238 valence electrons. The number of fused-ring (bicyclic) bond motifs is 8. The average molecular weight is 627 g/mol. The molecule has 0 aliphatic carbocycles. The average Bonchev–Trinajstić information content (AvgIpc) is 3.07. The van der Waals surface area contributed by atoms with E-state index in [-0.39, 0.29) is 43.0 Å². The van der Waals surface area contributed by atoms with E-state index < -0.39 is 11.4 Å². The molecule has 1 fully saturated rings. The number of piperidine rings is 1. The Morgan fingerprint density at radius 2 is 1.67 bits per heavy atom. The summed E-state index contributed by atoms with van der Waals surface area (Å²) in [7, 11) is 1.48. The van der Waals surface area contributed by atoms with E-state index in [1.807, 2.05) is 12.1 Å². The van der Waals surface area contributed by atoms with Gasteiger partial charge in [-0.25, -0.2) is 4.39 Å². The van der Waals surface area contributed by atoms with Crippen molar-refractivity contribution < 1.29 is 32.9 Å². The summed E-state index contributed by atoms with van der Waals surface area (Å²) in [4.78, 5) is 33.1. The number of hydrogen-bond acceptors (Lipinski definition) is 8. The normalized spacial score (nSPS) is 17.0. The van der Waals surface area contributed by atoms with Crippen LogP contribution >= 0.6 is 0 Å². The molecule has 6 bridgehead atoms. The monoisotopic (exact) mass is 626 g/mol. The third kappa shape index (κ3) is 7.37. The first-order valence-electron chi connectivity index (χ1n) is 15.1. The van der Waals surface area contributed by atoms with E-state index >= 15 is 0 Å². The predicted molar refractivity (Wildman–Crippen MR) is 168 cm³/mol. The van der Waals surface area contributed by atoms with Gasteiger partial charge < -0.3 is 29.6 Å². The minimum absolute atomic E-state index is 0.0468. The second-order valence-electron chi connectivity index (χ2n) is 11.2. The van der Waals surface area contributed by atoms with Crippen molar-refractivity contribution in [2.75, 3.05) is 33.4 Å². The van der Waals surface area contributed by atoms with Crippen LogP contribution in [0.2, 0.25) is 0 Å². The molecule has 3 aliphatic heterocycles. The second-order valence-corrected chi connectivity index (χ2v) is 11.2. The van der Waals surface area contributed by atoms with Gasteiger partial charge in [0.2, 0.25) is 0 Å². The standard InChI is InChI=1S/C35H35FN4O6/c1-43-31-7-2-26-20-32(31)45-30-19-25(18-27(36)21-30)22-39-34(42)35(10-15-40(16-11-35)23-24-8-12-37-13-9-24)46-29-5-3-28(4-6-29)44-17-14-38-33(26)41/h2-9,12-13,18-21H,10-11,14-17,22-23H2,1H3,(H,38,41)(H,39,42). The van der Waals surface area contributed by atoms with Crippen molar-refractivity contribution in [3.63, 3.8) is 0 Å². The second kappa shape index (κ2) is 13.9. The molecule has 7 rings (SSSR count). The number of aromatic nitrogens is 1. The number of nitrogens with one attached hydrogen (secondary N) is 2. The van der Waals surface area contributed by atoms with Crippen molar-refractivity contribution in [2.24, 2.45) is 0 Å². The Kier molecular flexibility index (Phi) is 9.30. The van der Waals surface area contributed by atoms with Crippen LogP contribution in [-0.2, 0) is 17.9 Å². The van der Waals surface area contributed by atoms with Crippen LogP contribution in [0.5, 0.6) is 28.7 Å². The molecular formula is C35H35FN4O6. The van der Waals surface area contributed by atoms with Crippen LogP contribution in [0.3, 0.4) is 0 Å². The van der Waals surface area contributed by atoms with Crippen LogP contribution < -0.4 is 29.6 Å². The van der Waals surface area contributed by atoms with E-state index in [2.05, 4.69) is 20.5 Å². The molecule has 0 radical (unpaired) electrons. The van der Waals surface area contributed by atoms with Crippen LogP contribution in [0.1, 0.15) is 34.3 Å². The van der Waals surface area contributed by atoms with E-state index in [1.165, 1.54) is 25.3 Å². The van der Waals surface area contributed by atoms with Gasteiger partial charge in [0.15, 0.2) is 17.1 Å². The van der Waals surface area contributed by atoms with Crippen molar-refractivity contribution in [3.8, 4) is 28.7 Å². The maximum atomic E-state index is 14.8. The number of carbonyl (C=O) groups excluding carboxylic acids is 2. The maximum absolute atomic E-state index is 14.8. The fourth-order valence-electron chi connectivity index (χ4n) is 5.61. The Morgan fingerprint density at radius 1 is 0.913 bits per heavy atom. The number of pyridine rings is 1. The smallest absolute Gasteiger partial charge is 0.264 e. The molecule has 1 aromatic heterocycles. The SMILES string of the molecule is COc1ccc2cc1Oc1cc(F)cc(c1)CNC(=O)C1(CCN(Cc3ccncc3)CC1)Oc1ccc(cc1)OCCNC2=O. The Balaban J connectivity index is 1.27. The highest BCUT2D eigenvalue weighted by molar-refractivity contribution is 5.95. The van der Waals surface area contributed by atoms with Gasteiger partial charge in [-0.05, 0) is 77.9 Å². The molecule has 0 atom stereocenters. The van der Waals surface area contributed by atoms with E-state index in [4.69, 9.17) is 18.9 Å². The lowest BCUT2D eigenvalue weighted by atomic mass is 9.89. The molecular weight excluding hydrogens is 591 g/mol. The lowest BCUT2D eigenvalue weighted by molar-refractivity contribution is -0.141. The maximum Gasteiger partial charge on any atom is 0.264 e. The number of methoxy groups -OCH3 is 1. The summed E-state index contributed by atoms with van der Waals surface area (Å²) in [5.74, 6) is 0.772. The molecule has 3 aliphatic rings. The fourth-order valence-corrected chi connectivity index (χ4v) is 5.61. The van der Waals surface area contributed by atoms with E-state index in [0.29, 0.717) is 54.3 Å². The summed E-state index contributed by atoms with van der Waals surface area (Å²) in [6.45, 7) is 2.56. The number of benzene rings is 3. The minimum atomic E-state index is -1.14. The zero-order valence-electron chi connectivity index (χ0n) is 25.5. The summed E-state index contributed by atoms with van der Waals surface area (Å²) >= 11 is 0. The minimum Gasteiger partial charge on any atom is -0.493 e. The van der Waals surface area contributed by atoms with E-state index in [0.717, 1.165) is 12.1 Å². The van der Waals surface area contributed by atoms with Crippen LogP contribution in [0, 0.1) is 5.82 Å². The molecule has 3 aromatic carbocycles. The fraction of sp³-hybridized carbons (Fsp3) is 0.286. The summed E-state index contributed by atoms with van der Waals surface area (Å²) in [5, 5.41) is 5.81. The zero-order valence-corrected chi connectivity index (χ0v) is 25.5. The van der Waals surface area contributed by atoms with Crippen molar-refractivity contribution in [3.05, 3.63) is 108 Å². The first kappa shape index (κ1) is 30.8. The molecule has 1 saturated heterocycles. The first-order chi connectivity index (χ1) is 22.4. The van der Waals surface area contributed by atoms with E-state index in [1.54, 1.807) is 54.9 Å².